The maximum atomic E-state index is 12.5. The molecule has 22 heavy (non-hydrogen) atoms. The van der Waals surface area contributed by atoms with Gasteiger partial charge in [0.2, 0.25) is 0 Å². The van der Waals surface area contributed by atoms with Gasteiger partial charge >= 0.3 is 0 Å². The molecular formula is C15H23ClN2O3S. The van der Waals surface area contributed by atoms with Crippen LogP contribution >= 0.6 is 12.4 Å². The van der Waals surface area contributed by atoms with Crippen molar-refractivity contribution in [1.82, 2.24) is 10.2 Å². The average molecular weight is 347 g/mol. The first-order valence-corrected chi connectivity index (χ1v) is 8.89. The molecule has 5 nitrogen and oxygen atoms in total. The third-order valence-corrected chi connectivity index (χ3v) is 5.89. The van der Waals surface area contributed by atoms with Crippen LogP contribution in [-0.4, -0.2) is 50.2 Å². The van der Waals surface area contributed by atoms with Crippen molar-refractivity contribution >= 4 is 28.2 Å². The van der Waals surface area contributed by atoms with Crippen molar-refractivity contribution < 1.29 is 13.2 Å². The quantitative estimate of drug-likeness (QED) is 0.905. The Kier molecular flexibility index (Phi) is 6.40. The van der Waals surface area contributed by atoms with Crippen LogP contribution in [0, 0.1) is 0 Å². The Hall–Kier alpha value is -1.11. The number of carbonyl (C=O) groups excluding carboxylic acids is 1. The molecule has 124 valence electrons. The molecule has 0 radical (unpaired) electrons. The Morgan fingerprint density at radius 2 is 1.86 bits per heavy atom. The molecule has 2 unspecified atom stereocenters. The third-order valence-electron chi connectivity index (χ3n) is 4.14. The zero-order chi connectivity index (χ0) is 15.6. The first kappa shape index (κ1) is 18.9. The van der Waals surface area contributed by atoms with E-state index in [4.69, 9.17) is 0 Å². The molecule has 0 aliphatic carbocycles. The molecular weight excluding hydrogens is 324 g/mol. The van der Waals surface area contributed by atoms with Gasteiger partial charge in [-0.05, 0) is 38.1 Å². The van der Waals surface area contributed by atoms with Crippen LogP contribution < -0.4 is 5.32 Å². The molecule has 0 bridgehead atoms. The van der Waals surface area contributed by atoms with Gasteiger partial charge in [0.15, 0.2) is 9.84 Å². The summed E-state index contributed by atoms with van der Waals surface area (Å²) >= 11 is 0. The zero-order valence-electron chi connectivity index (χ0n) is 13.1. The predicted molar refractivity (Wildman–Crippen MR) is 89.4 cm³/mol. The fraction of sp³-hybridized carbons (Fsp3) is 0.533. The molecule has 1 fully saturated rings. The number of benzene rings is 1. The molecule has 7 heteroatoms. The van der Waals surface area contributed by atoms with E-state index in [1.807, 2.05) is 11.8 Å². The number of hydrogen-bond donors (Lipinski definition) is 1. The Bertz CT molecular complexity index is 616. The summed E-state index contributed by atoms with van der Waals surface area (Å²) in [5.74, 6) is 0.0170. The van der Waals surface area contributed by atoms with Gasteiger partial charge in [0.1, 0.15) is 0 Å². The standard InChI is InChI=1S/C15H22N2O3S.ClH/c1-4-21(19,20)14-7-5-13(6-8-14)15(18)17-10-9-16-11(2)12(17)3;/h5-8,11-12,16H,4,9-10H2,1-3H3;1H. The lowest BCUT2D eigenvalue weighted by Gasteiger charge is -2.38. The van der Waals surface area contributed by atoms with Crippen LogP contribution in [0.1, 0.15) is 31.1 Å². The number of sulfone groups is 1. The molecule has 1 aliphatic rings. The monoisotopic (exact) mass is 346 g/mol. The van der Waals surface area contributed by atoms with Crippen LogP contribution in [0.25, 0.3) is 0 Å². The average Bonchev–Trinajstić information content (AvgIpc) is 2.49. The highest BCUT2D eigenvalue weighted by molar-refractivity contribution is 7.91. The summed E-state index contributed by atoms with van der Waals surface area (Å²) in [5.41, 5.74) is 0.533. The van der Waals surface area contributed by atoms with Crippen molar-refractivity contribution in [3.05, 3.63) is 29.8 Å². The highest BCUT2D eigenvalue weighted by Crippen LogP contribution is 2.17. The van der Waals surface area contributed by atoms with Gasteiger partial charge in [-0.3, -0.25) is 4.79 Å². The maximum absolute atomic E-state index is 12.5. The van der Waals surface area contributed by atoms with E-state index in [9.17, 15) is 13.2 Å². The normalized spacial score (nSPS) is 22.0. The molecule has 1 aromatic rings. The summed E-state index contributed by atoms with van der Waals surface area (Å²) < 4.78 is 23.6. The summed E-state index contributed by atoms with van der Waals surface area (Å²) in [4.78, 5) is 14.6. The van der Waals surface area contributed by atoms with Gasteiger partial charge in [-0.2, -0.15) is 0 Å². The highest BCUT2D eigenvalue weighted by Gasteiger charge is 2.28. The van der Waals surface area contributed by atoms with Crippen molar-refractivity contribution in [2.75, 3.05) is 18.8 Å². The smallest absolute Gasteiger partial charge is 0.254 e. The number of piperazine rings is 1. The van der Waals surface area contributed by atoms with Crippen LogP contribution in [0.2, 0.25) is 0 Å². The van der Waals surface area contributed by atoms with E-state index >= 15 is 0 Å². The summed E-state index contributed by atoms with van der Waals surface area (Å²) in [6.45, 7) is 7.13. The Labute approximate surface area is 138 Å². The van der Waals surface area contributed by atoms with E-state index in [1.54, 1.807) is 19.1 Å². The second-order valence-corrected chi connectivity index (χ2v) is 7.69. The molecule has 1 aliphatic heterocycles. The van der Waals surface area contributed by atoms with Gasteiger partial charge in [-0.15, -0.1) is 12.4 Å². The minimum Gasteiger partial charge on any atom is -0.333 e. The molecule has 0 spiro atoms. The molecule has 1 aromatic carbocycles. The van der Waals surface area contributed by atoms with Crippen molar-refractivity contribution in [1.29, 1.82) is 0 Å². The number of nitrogens with zero attached hydrogens (tertiary/aromatic N) is 1. The Balaban J connectivity index is 0.00000242. The van der Waals surface area contributed by atoms with E-state index in [0.29, 0.717) is 12.1 Å². The first-order chi connectivity index (χ1) is 9.86. The molecule has 2 atom stereocenters. The third kappa shape index (κ3) is 3.80. The minimum atomic E-state index is -3.22. The summed E-state index contributed by atoms with van der Waals surface area (Å²) in [6, 6.07) is 6.60. The van der Waals surface area contributed by atoms with Gasteiger partial charge in [-0.25, -0.2) is 8.42 Å². The fourth-order valence-electron chi connectivity index (χ4n) is 2.48. The number of nitrogens with one attached hydrogen (secondary N) is 1. The van der Waals surface area contributed by atoms with Crippen molar-refractivity contribution in [2.45, 2.75) is 37.8 Å². The van der Waals surface area contributed by atoms with E-state index in [2.05, 4.69) is 12.2 Å². The zero-order valence-corrected chi connectivity index (χ0v) is 14.7. The highest BCUT2D eigenvalue weighted by atomic mass is 35.5. The number of carbonyl (C=O) groups is 1. The van der Waals surface area contributed by atoms with Gasteiger partial charge in [0, 0.05) is 30.7 Å². The molecule has 1 amide bonds. The van der Waals surface area contributed by atoms with Crippen molar-refractivity contribution in [3.8, 4) is 0 Å². The topological polar surface area (TPSA) is 66.5 Å². The maximum Gasteiger partial charge on any atom is 0.254 e. The number of rotatable bonds is 3. The number of hydrogen-bond acceptors (Lipinski definition) is 4. The van der Waals surface area contributed by atoms with E-state index in [1.165, 1.54) is 12.1 Å². The Morgan fingerprint density at radius 3 is 2.41 bits per heavy atom. The van der Waals surface area contributed by atoms with E-state index < -0.39 is 9.84 Å². The van der Waals surface area contributed by atoms with E-state index in [-0.39, 0.29) is 41.0 Å². The molecule has 2 rings (SSSR count). The van der Waals surface area contributed by atoms with E-state index in [0.717, 1.165) is 6.54 Å². The second kappa shape index (κ2) is 7.44. The lowest BCUT2D eigenvalue weighted by molar-refractivity contribution is 0.0603. The van der Waals surface area contributed by atoms with Crippen LogP contribution in [0.15, 0.2) is 29.2 Å². The molecule has 0 aromatic heterocycles. The second-order valence-electron chi connectivity index (χ2n) is 5.41. The van der Waals surface area contributed by atoms with Crippen molar-refractivity contribution in [2.24, 2.45) is 0 Å². The molecule has 1 saturated heterocycles. The summed E-state index contributed by atoms with van der Waals surface area (Å²) in [5, 5.41) is 3.33. The fourth-order valence-corrected chi connectivity index (χ4v) is 3.36. The van der Waals surface area contributed by atoms with Crippen LogP contribution in [0.3, 0.4) is 0 Å². The predicted octanol–water partition coefficient (Wildman–Crippen LogP) is 1.72. The summed E-state index contributed by atoms with van der Waals surface area (Å²) in [6.07, 6.45) is 0. The lowest BCUT2D eigenvalue weighted by Crippen LogP contribution is -2.57. The number of amides is 1. The molecule has 0 saturated carbocycles. The minimum absolute atomic E-state index is 0. The SMILES string of the molecule is CCS(=O)(=O)c1ccc(C(=O)N2CCNC(C)C2C)cc1.Cl. The van der Waals surface area contributed by atoms with Gasteiger partial charge in [-0.1, -0.05) is 6.92 Å². The lowest BCUT2D eigenvalue weighted by atomic mass is 10.1. The molecule has 1 heterocycles. The first-order valence-electron chi connectivity index (χ1n) is 7.24. The van der Waals surface area contributed by atoms with Crippen molar-refractivity contribution in [3.63, 3.8) is 0 Å². The number of halogens is 1. The van der Waals surface area contributed by atoms with Crippen LogP contribution in [0.4, 0.5) is 0 Å². The van der Waals surface area contributed by atoms with Crippen LogP contribution in [0.5, 0.6) is 0 Å². The van der Waals surface area contributed by atoms with Gasteiger partial charge in [0.05, 0.1) is 10.6 Å². The molecule has 1 N–H and O–H groups in total. The summed E-state index contributed by atoms with van der Waals surface area (Å²) in [7, 11) is -3.22. The largest absolute Gasteiger partial charge is 0.333 e. The van der Waals surface area contributed by atoms with Gasteiger partial charge in [0.25, 0.3) is 5.91 Å². The Morgan fingerprint density at radius 1 is 1.27 bits per heavy atom. The van der Waals surface area contributed by atoms with Gasteiger partial charge < -0.3 is 10.2 Å². The van der Waals surface area contributed by atoms with Crippen LogP contribution in [-0.2, 0) is 9.84 Å².